The van der Waals surface area contributed by atoms with Crippen molar-refractivity contribution in [2.45, 2.75) is 47.2 Å². The van der Waals surface area contributed by atoms with Crippen LogP contribution in [0.2, 0.25) is 0 Å². The molecule has 0 amide bonds. The molecule has 0 atom stereocenters. The number of hydrogen-bond donors (Lipinski definition) is 1. The SMILES string of the molecule is CCN(CC)CCCn1cc(CNc2cc3c(cc2F)c(N2CCN(C)CC2)cc(/C=C/c2cc4ccc(N(CC)CC)cc4oc2=O)[n+]3C)nn1. The van der Waals surface area contributed by atoms with Gasteiger partial charge in [-0.1, -0.05) is 19.1 Å². The third kappa shape index (κ3) is 8.29. The molecule has 3 aromatic heterocycles. The van der Waals surface area contributed by atoms with Crippen LogP contribution < -0.4 is 25.3 Å². The van der Waals surface area contributed by atoms with Gasteiger partial charge in [-0.2, -0.15) is 4.57 Å². The predicted octanol–water partition coefficient (Wildman–Crippen LogP) is 5.61. The summed E-state index contributed by atoms with van der Waals surface area (Å²) in [5, 5.41) is 13.6. The summed E-state index contributed by atoms with van der Waals surface area (Å²) < 4.78 is 25.5. The maximum Gasteiger partial charge on any atom is 0.343 e. The molecule has 2 aromatic carbocycles. The summed E-state index contributed by atoms with van der Waals surface area (Å²) in [5.41, 5.74) is 5.53. The topological polar surface area (TPSA) is 89.8 Å². The van der Waals surface area contributed by atoms with Crippen LogP contribution in [0, 0.1) is 5.82 Å². The molecule has 1 N–H and O–H groups in total. The number of fused-ring (bicyclic) bond motifs is 2. The van der Waals surface area contributed by atoms with Crippen LogP contribution in [0.1, 0.15) is 51.1 Å². The molecule has 1 aliphatic rings. The third-order valence-corrected chi connectivity index (χ3v) is 10.3. The molecule has 5 aromatic rings. The minimum atomic E-state index is -0.391. The Labute approximate surface area is 305 Å². The fraction of sp³-hybridized carbons (Fsp3) is 0.450. The lowest BCUT2D eigenvalue weighted by Crippen LogP contribution is -2.45. The van der Waals surface area contributed by atoms with Crippen molar-refractivity contribution in [3.8, 4) is 0 Å². The van der Waals surface area contributed by atoms with Crippen LogP contribution in [0.15, 0.2) is 57.9 Å². The first-order valence-corrected chi connectivity index (χ1v) is 18.7. The van der Waals surface area contributed by atoms with Gasteiger partial charge in [0.15, 0.2) is 0 Å². The van der Waals surface area contributed by atoms with Crippen LogP contribution in [0.5, 0.6) is 0 Å². The van der Waals surface area contributed by atoms with Crippen molar-refractivity contribution in [2.75, 3.05) is 81.1 Å². The molecule has 4 heterocycles. The number of anilines is 3. The van der Waals surface area contributed by atoms with Gasteiger partial charge in [-0.25, -0.2) is 9.18 Å². The number of nitrogens with zero attached hydrogens (tertiary/aromatic N) is 8. The van der Waals surface area contributed by atoms with E-state index < -0.39 is 5.63 Å². The molecule has 6 rings (SSSR count). The van der Waals surface area contributed by atoms with E-state index >= 15 is 4.39 Å². The van der Waals surface area contributed by atoms with Gasteiger partial charge in [0, 0.05) is 81.2 Å². The molecule has 0 radical (unpaired) electrons. The highest BCUT2D eigenvalue weighted by Crippen LogP contribution is 2.31. The lowest BCUT2D eigenvalue weighted by Gasteiger charge is -2.34. The van der Waals surface area contributed by atoms with Gasteiger partial charge in [0.05, 0.1) is 35.1 Å². The van der Waals surface area contributed by atoms with E-state index in [2.05, 4.69) is 82.1 Å². The minimum Gasteiger partial charge on any atom is -0.422 e. The predicted molar refractivity (Wildman–Crippen MR) is 210 cm³/mol. The third-order valence-electron chi connectivity index (χ3n) is 10.3. The highest BCUT2D eigenvalue weighted by atomic mass is 19.1. The number of pyridine rings is 1. The Balaban J connectivity index is 1.29. The molecule has 1 aliphatic heterocycles. The van der Waals surface area contributed by atoms with Crippen molar-refractivity contribution < 1.29 is 13.4 Å². The Morgan fingerprint density at radius 3 is 2.48 bits per heavy atom. The van der Waals surface area contributed by atoms with Gasteiger partial charge in [0.25, 0.3) is 0 Å². The van der Waals surface area contributed by atoms with E-state index in [0.29, 0.717) is 23.4 Å². The zero-order valence-corrected chi connectivity index (χ0v) is 31.5. The fourth-order valence-electron chi connectivity index (χ4n) is 7.01. The van der Waals surface area contributed by atoms with Crippen LogP contribution in [-0.2, 0) is 20.1 Å². The minimum absolute atomic E-state index is 0.323. The Hall–Kier alpha value is -4.81. The van der Waals surface area contributed by atoms with Gasteiger partial charge in [-0.05, 0) is 77.3 Å². The number of benzene rings is 2. The lowest BCUT2D eigenvalue weighted by molar-refractivity contribution is -0.646. The van der Waals surface area contributed by atoms with Crippen molar-refractivity contribution in [3.63, 3.8) is 0 Å². The highest BCUT2D eigenvalue weighted by Gasteiger charge is 2.24. The lowest BCUT2D eigenvalue weighted by atomic mass is 10.1. The molecule has 52 heavy (non-hydrogen) atoms. The quantitative estimate of drug-likeness (QED) is 0.110. The van der Waals surface area contributed by atoms with Crippen LogP contribution in [0.3, 0.4) is 0 Å². The van der Waals surface area contributed by atoms with E-state index in [9.17, 15) is 4.79 Å². The van der Waals surface area contributed by atoms with Gasteiger partial charge < -0.3 is 29.3 Å². The van der Waals surface area contributed by atoms with Crippen LogP contribution in [-0.4, -0.2) is 90.7 Å². The molecule has 11 nitrogen and oxygen atoms in total. The number of halogens is 1. The number of nitrogens with one attached hydrogen (secondary N) is 1. The summed E-state index contributed by atoms with van der Waals surface area (Å²) in [4.78, 5) is 22.4. The van der Waals surface area contributed by atoms with Gasteiger partial charge in [0.1, 0.15) is 24.1 Å². The van der Waals surface area contributed by atoms with Crippen molar-refractivity contribution in [3.05, 3.63) is 81.9 Å². The summed E-state index contributed by atoms with van der Waals surface area (Å²) in [5.74, 6) is -0.323. The molecule has 0 spiro atoms. The summed E-state index contributed by atoms with van der Waals surface area (Å²) in [6.07, 6.45) is 6.67. The van der Waals surface area contributed by atoms with Crippen LogP contribution in [0.25, 0.3) is 34.0 Å². The molecule has 12 heteroatoms. The normalized spacial score (nSPS) is 14.0. The van der Waals surface area contributed by atoms with Gasteiger partial charge >= 0.3 is 5.63 Å². The van der Waals surface area contributed by atoms with Gasteiger partial charge in [0.2, 0.25) is 11.2 Å². The zero-order chi connectivity index (χ0) is 36.8. The number of aromatic nitrogens is 4. The monoisotopic (exact) mass is 710 g/mol. The molecule has 0 unspecified atom stereocenters. The average molecular weight is 711 g/mol. The number of rotatable bonds is 15. The molecular formula is C40H53FN9O2+. The van der Waals surface area contributed by atoms with E-state index in [4.69, 9.17) is 4.42 Å². The average Bonchev–Trinajstić information content (AvgIpc) is 3.61. The molecule has 276 valence electrons. The van der Waals surface area contributed by atoms with E-state index in [1.165, 1.54) is 0 Å². The first-order valence-electron chi connectivity index (χ1n) is 18.7. The Kier molecular flexibility index (Phi) is 11.9. The summed E-state index contributed by atoms with van der Waals surface area (Å²) in [6, 6.07) is 13.5. The standard InChI is InChI=1S/C40H52FN9O2/c1-7-47(8-2)16-11-17-50-28-31(43-44-50)27-42-36-26-37-34(25-35(36)41)38(49-20-18-45(5)19-21-49)23-32(46(37)6)14-13-30-22-29-12-15-33(48(9-3)10-4)24-39(29)52-40(30)51/h12-15,22-26,28H,7-11,16-21,27H2,1-6H3/p+1/b14-13+. The van der Waals surface area contributed by atoms with Crippen molar-refractivity contribution in [1.82, 2.24) is 24.8 Å². The summed E-state index contributed by atoms with van der Waals surface area (Å²) >= 11 is 0. The van der Waals surface area contributed by atoms with E-state index in [1.807, 2.05) is 58.9 Å². The molecule has 0 bridgehead atoms. The first-order chi connectivity index (χ1) is 25.2. The van der Waals surface area contributed by atoms with E-state index in [1.54, 1.807) is 6.07 Å². The second-order valence-corrected chi connectivity index (χ2v) is 13.6. The van der Waals surface area contributed by atoms with Crippen LogP contribution in [0.4, 0.5) is 21.5 Å². The fourth-order valence-corrected chi connectivity index (χ4v) is 7.01. The zero-order valence-electron chi connectivity index (χ0n) is 31.5. The number of piperazine rings is 1. The van der Waals surface area contributed by atoms with Crippen LogP contribution >= 0.6 is 0 Å². The highest BCUT2D eigenvalue weighted by molar-refractivity contribution is 5.93. The van der Waals surface area contributed by atoms with Crippen molar-refractivity contribution in [2.24, 2.45) is 7.05 Å². The number of likely N-dealkylation sites (N-methyl/N-ethyl adjacent to an activating group) is 1. The molecule has 1 fully saturated rings. The van der Waals surface area contributed by atoms with E-state index in [0.717, 1.165) is 111 Å². The summed E-state index contributed by atoms with van der Waals surface area (Å²) in [7, 11) is 4.09. The second kappa shape index (κ2) is 16.7. The van der Waals surface area contributed by atoms with Gasteiger partial charge in [-0.15, -0.1) is 5.10 Å². The van der Waals surface area contributed by atoms with Gasteiger partial charge in [-0.3, -0.25) is 4.68 Å². The number of aryl methyl sites for hydroxylation is 2. The van der Waals surface area contributed by atoms with Crippen molar-refractivity contribution >= 4 is 51.1 Å². The second-order valence-electron chi connectivity index (χ2n) is 13.6. The first kappa shape index (κ1) is 37.0. The maximum absolute atomic E-state index is 15.8. The Morgan fingerprint density at radius 2 is 1.75 bits per heavy atom. The number of hydrogen-bond acceptors (Lipinski definition) is 9. The smallest absolute Gasteiger partial charge is 0.343 e. The molecular weight excluding hydrogens is 657 g/mol. The molecule has 0 aliphatic carbocycles. The van der Waals surface area contributed by atoms with E-state index in [-0.39, 0.29) is 5.82 Å². The Morgan fingerprint density at radius 1 is 0.981 bits per heavy atom. The molecule has 1 saturated heterocycles. The Bertz CT molecular complexity index is 2080. The maximum atomic E-state index is 15.8. The molecule has 0 saturated carbocycles. The summed E-state index contributed by atoms with van der Waals surface area (Å²) in [6.45, 7) is 18.0. The van der Waals surface area contributed by atoms with Crippen molar-refractivity contribution in [1.29, 1.82) is 0 Å². The largest absolute Gasteiger partial charge is 0.422 e.